The molecule has 1 aromatic carbocycles. The highest BCUT2D eigenvalue weighted by molar-refractivity contribution is 6.42. The molecule has 0 radical (unpaired) electrons. The Morgan fingerprint density at radius 3 is 2.35 bits per heavy atom. The normalized spacial score (nSPS) is 12.2. The number of hydrogen-bond acceptors (Lipinski definition) is 3. The lowest BCUT2D eigenvalue weighted by Crippen LogP contribution is -2.55. The first kappa shape index (κ1) is 18.7. The summed E-state index contributed by atoms with van der Waals surface area (Å²) in [6.45, 7) is 2.97. The Morgan fingerprint density at radius 2 is 1.85 bits per heavy atom. The number of benzene rings is 1. The average molecular weight is 320 g/mol. The largest absolute Gasteiger partial charge is 0.368 e. The average Bonchev–Trinajstić information content (AvgIpc) is 2.31. The Kier molecular flexibility index (Phi) is 6.47. The predicted octanol–water partition coefficient (Wildman–Crippen LogP) is 2.01. The Hall–Kier alpha value is -1.30. The van der Waals surface area contributed by atoms with Gasteiger partial charge in [0.2, 0.25) is 11.8 Å². The maximum atomic E-state index is 12.0. The fraction of sp³-hybridized carbons (Fsp3) is 0.385. The molecule has 0 aliphatic heterocycles. The van der Waals surface area contributed by atoms with E-state index in [0.29, 0.717) is 10.6 Å². The molecule has 20 heavy (non-hydrogen) atoms. The Labute approximate surface area is 128 Å². The van der Waals surface area contributed by atoms with E-state index in [0.717, 1.165) is 0 Å². The summed E-state index contributed by atoms with van der Waals surface area (Å²) in [4.78, 5) is 23.1. The number of halogens is 2. The number of nitrogens with one attached hydrogen (secondary N) is 1. The first-order valence-electron chi connectivity index (χ1n) is 5.48. The number of rotatable bonds is 4. The molecule has 2 amide bonds. The van der Waals surface area contributed by atoms with Crippen molar-refractivity contribution in [2.75, 3.05) is 0 Å². The highest BCUT2D eigenvalue weighted by Crippen LogP contribution is 2.29. The van der Waals surface area contributed by atoms with Gasteiger partial charge in [-0.15, -0.1) is 0 Å². The van der Waals surface area contributed by atoms with Crippen molar-refractivity contribution in [1.82, 2.24) is 5.32 Å². The molecule has 0 aliphatic rings. The monoisotopic (exact) mass is 319 g/mol. The molecule has 5 N–H and O–H groups in total. The first-order valence-corrected chi connectivity index (χ1v) is 6.24. The van der Waals surface area contributed by atoms with E-state index in [-0.39, 0.29) is 12.4 Å². The van der Waals surface area contributed by atoms with Crippen LogP contribution in [0.25, 0.3) is 0 Å². The molecule has 5 nitrogen and oxygen atoms in total. The summed E-state index contributed by atoms with van der Waals surface area (Å²) in [6, 6.07) is 3.78. The second-order valence-corrected chi connectivity index (χ2v) is 5.38. The van der Waals surface area contributed by atoms with Crippen LogP contribution in [0.15, 0.2) is 18.2 Å². The smallest absolute Gasteiger partial charge is 0.242 e. The van der Waals surface area contributed by atoms with Gasteiger partial charge in [-0.05, 0) is 25.5 Å². The molecule has 0 fully saturated rings. The van der Waals surface area contributed by atoms with Crippen molar-refractivity contribution in [3.63, 3.8) is 0 Å². The number of amides is 2. The van der Waals surface area contributed by atoms with E-state index in [4.69, 9.17) is 34.7 Å². The lowest BCUT2D eigenvalue weighted by atomic mass is 10.0. The van der Waals surface area contributed by atoms with E-state index in [9.17, 15) is 9.59 Å². The maximum absolute atomic E-state index is 12.0. The third-order valence-electron chi connectivity index (χ3n) is 2.65. The van der Waals surface area contributed by atoms with Crippen LogP contribution in [0.5, 0.6) is 0 Å². The molecule has 0 saturated carbocycles. The minimum absolute atomic E-state index is 0. The van der Waals surface area contributed by atoms with Crippen molar-refractivity contribution < 1.29 is 9.59 Å². The molecular formula is C13H19Cl2N3O2. The Bertz CT molecular complexity index is 518. The topological polar surface area (TPSA) is 98.2 Å². The zero-order valence-electron chi connectivity index (χ0n) is 10.5. The summed E-state index contributed by atoms with van der Waals surface area (Å²) in [7, 11) is 0. The number of primary amides is 1. The quantitative estimate of drug-likeness (QED) is 0.791. The van der Waals surface area contributed by atoms with E-state index in [2.05, 4.69) is 5.32 Å². The van der Waals surface area contributed by atoms with Crippen LogP contribution in [0, 0.1) is 0 Å². The van der Waals surface area contributed by atoms with Crippen LogP contribution in [0.3, 0.4) is 0 Å². The highest BCUT2D eigenvalue weighted by Gasteiger charge is 2.30. The second kappa shape index (κ2) is 6.92. The maximum Gasteiger partial charge on any atom is 0.242 e. The number of nitrogens with two attached hydrogens (primary N) is 2. The van der Waals surface area contributed by atoms with Crippen molar-refractivity contribution in [3.8, 4) is 0 Å². The minimum atomic E-state index is -1.19. The molecule has 0 aliphatic carbocycles. The molecule has 112 valence electrons. The van der Waals surface area contributed by atoms with Gasteiger partial charge in [0.05, 0.1) is 10.0 Å². The summed E-state index contributed by atoms with van der Waals surface area (Å²) in [6.07, 6.45) is 0. The van der Waals surface area contributed by atoms with Crippen molar-refractivity contribution in [1.29, 1.82) is 0 Å². The van der Waals surface area contributed by atoms with Crippen molar-refractivity contribution in [2.24, 2.45) is 11.5 Å². The zero-order chi connectivity index (χ0) is 14.8. The molecular weight excluding hydrogens is 301 g/mol. The fourth-order valence-corrected chi connectivity index (χ4v) is 1.77. The predicted molar refractivity (Wildman–Crippen MR) is 81.5 cm³/mol. The number of hydrogen-bond donors (Lipinski definition) is 3. The van der Waals surface area contributed by atoms with Crippen LogP contribution in [0.4, 0.5) is 0 Å². The van der Waals surface area contributed by atoms with Crippen LogP contribution in [-0.4, -0.2) is 17.4 Å². The van der Waals surface area contributed by atoms with Gasteiger partial charge in [-0.1, -0.05) is 42.8 Å². The lowest BCUT2D eigenvalue weighted by molar-refractivity contribution is -0.131. The number of carbonyl (C=O) groups excluding carboxylic acids is 2. The summed E-state index contributed by atoms with van der Waals surface area (Å²) in [5.74, 6) is -1.22. The fourth-order valence-electron chi connectivity index (χ4n) is 1.35. The van der Waals surface area contributed by atoms with E-state index in [1.165, 1.54) is 13.8 Å². The van der Waals surface area contributed by atoms with Gasteiger partial charge in [0.1, 0.15) is 11.6 Å². The summed E-state index contributed by atoms with van der Waals surface area (Å²) in [5.41, 5.74) is 10.2. The highest BCUT2D eigenvalue weighted by atomic mass is 35.5. The molecule has 1 unspecified atom stereocenters. The SMILES string of the molecule is C.CC(C)(NC(=O)C(N)c1cccc(Cl)c1Cl)C(N)=O. The first-order chi connectivity index (χ1) is 8.66. The van der Waals surface area contributed by atoms with Crippen LogP contribution in [-0.2, 0) is 9.59 Å². The lowest BCUT2D eigenvalue weighted by Gasteiger charge is -2.24. The van der Waals surface area contributed by atoms with Crippen LogP contribution in [0.2, 0.25) is 10.0 Å². The summed E-state index contributed by atoms with van der Waals surface area (Å²) < 4.78 is 0. The van der Waals surface area contributed by atoms with Gasteiger partial charge in [0.15, 0.2) is 0 Å². The van der Waals surface area contributed by atoms with E-state index in [1.807, 2.05) is 0 Å². The molecule has 0 aromatic heterocycles. The van der Waals surface area contributed by atoms with Gasteiger partial charge in [-0.25, -0.2) is 0 Å². The third-order valence-corrected chi connectivity index (χ3v) is 3.48. The van der Waals surface area contributed by atoms with Crippen molar-refractivity contribution in [2.45, 2.75) is 32.9 Å². The van der Waals surface area contributed by atoms with E-state index >= 15 is 0 Å². The molecule has 0 bridgehead atoms. The van der Waals surface area contributed by atoms with Gasteiger partial charge in [-0.3, -0.25) is 9.59 Å². The Balaban J connectivity index is 0.00000361. The molecule has 0 heterocycles. The molecule has 1 atom stereocenters. The van der Waals surface area contributed by atoms with Gasteiger partial charge in [0.25, 0.3) is 0 Å². The minimum Gasteiger partial charge on any atom is -0.368 e. The van der Waals surface area contributed by atoms with Gasteiger partial charge < -0.3 is 16.8 Å². The molecule has 0 saturated heterocycles. The molecule has 1 aromatic rings. The summed E-state index contributed by atoms with van der Waals surface area (Å²) >= 11 is 11.8. The molecule has 0 spiro atoms. The second-order valence-electron chi connectivity index (χ2n) is 4.60. The third kappa shape index (κ3) is 4.10. The number of carbonyl (C=O) groups is 2. The van der Waals surface area contributed by atoms with Gasteiger partial charge in [-0.2, -0.15) is 0 Å². The van der Waals surface area contributed by atoms with Crippen molar-refractivity contribution >= 4 is 35.0 Å². The van der Waals surface area contributed by atoms with Crippen LogP contribution < -0.4 is 16.8 Å². The standard InChI is InChI=1S/C12H15Cl2N3O2.CH4/c1-12(2,11(16)19)17-10(18)9(15)6-4-3-5-7(13)8(6)14;/h3-5,9H,15H2,1-2H3,(H2,16,19)(H,17,18);1H4. The summed E-state index contributed by atoms with van der Waals surface area (Å²) in [5, 5.41) is 2.97. The zero-order valence-corrected chi connectivity index (χ0v) is 12.0. The molecule has 1 rings (SSSR count). The van der Waals surface area contributed by atoms with E-state index < -0.39 is 23.4 Å². The Morgan fingerprint density at radius 1 is 1.30 bits per heavy atom. The van der Waals surface area contributed by atoms with E-state index in [1.54, 1.807) is 18.2 Å². The van der Waals surface area contributed by atoms with Crippen molar-refractivity contribution in [3.05, 3.63) is 33.8 Å². The van der Waals surface area contributed by atoms with Crippen LogP contribution >= 0.6 is 23.2 Å². The van der Waals surface area contributed by atoms with Gasteiger partial charge in [0, 0.05) is 0 Å². The van der Waals surface area contributed by atoms with Gasteiger partial charge >= 0.3 is 0 Å². The van der Waals surface area contributed by atoms with Crippen LogP contribution in [0.1, 0.15) is 32.9 Å². The molecule has 7 heteroatoms.